The van der Waals surface area contributed by atoms with Crippen molar-refractivity contribution in [1.29, 1.82) is 0 Å². The average Bonchev–Trinajstić information content (AvgIpc) is 2.67. The highest BCUT2D eigenvalue weighted by atomic mass is 19.1. The van der Waals surface area contributed by atoms with Crippen LogP contribution >= 0.6 is 0 Å². The van der Waals surface area contributed by atoms with E-state index in [0.717, 1.165) is 11.3 Å². The molecule has 0 bridgehead atoms. The zero-order valence-electron chi connectivity index (χ0n) is 8.20. The lowest BCUT2D eigenvalue weighted by Gasteiger charge is -2.02. The fraction of sp³-hybridized carbons (Fsp3) is 0.182. The van der Waals surface area contributed by atoms with Crippen LogP contribution in [-0.4, -0.2) is 16.7 Å². The number of H-pyrrole nitrogens is 1. The molecule has 0 atom stereocenters. The first-order chi connectivity index (χ1) is 7.33. The van der Waals surface area contributed by atoms with Crippen LogP contribution < -0.4 is 5.73 Å². The van der Waals surface area contributed by atoms with E-state index in [1.54, 1.807) is 24.4 Å². The van der Waals surface area contributed by atoms with Crippen molar-refractivity contribution in [2.75, 3.05) is 6.54 Å². The van der Waals surface area contributed by atoms with Crippen LogP contribution in [-0.2, 0) is 6.42 Å². The van der Waals surface area contributed by atoms with Crippen LogP contribution in [0.2, 0.25) is 0 Å². The fourth-order valence-corrected chi connectivity index (χ4v) is 1.55. The van der Waals surface area contributed by atoms with E-state index in [1.807, 2.05) is 0 Å². The standard InChI is InChI=1S/C11H12FN3/c12-10-4-2-1-3-9(10)11-8(5-6-13)7-14-15-11/h1-4,7H,5-6,13H2,(H,14,15). The van der Waals surface area contributed by atoms with Crippen LogP contribution in [0.5, 0.6) is 0 Å². The Labute approximate surface area is 87.1 Å². The minimum atomic E-state index is -0.250. The molecule has 0 amide bonds. The quantitative estimate of drug-likeness (QED) is 0.801. The minimum Gasteiger partial charge on any atom is -0.330 e. The summed E-state index contributed by atoms with van der Waals surface area (Å²) in [5.74, 6) is -0.250. The molecule has 0 radical (unpaired) electrons. The number of nitrogens with two attached hydrogens (primary N) is 1. The second-order valence-corrected chi connectivity index (χ2v) is 3.29. The second-order valence-electron chi connectivity index (χ2n) is 3.29. The van der Waals surface area contributed by atoms with Gasteiger partial charge in [0.25, 0.3) is 0 Å². The van der Waals surface area contributed by atoms with Gasteiger partial charge in [-0.25, -0.2) is 4.39 Å². The molecule has 15 heavy (non-hydrogen) atoms. The highest BCUT2D eigenvalue weighted by Gasteiger charge is 2.10. The molecule has 0 saturated carbocycles. The summed E-state index contributed by atoms with van der Waals surface area (Å²) in [6.45, 7) is 0.529. The normalized spacial score (nSPS) is 10.5. The molecule has 1 aromatic carbocycles. The third kappa shape index (κ3) is 1.89. The van der Waals surface area contributed by atoms with Crippen molar-refractivity contribution in [3.05, 3.63) is 41.8 Å². The molecule has 0 aliphatic heterocycles. The van der Waals surface area contributed by atoms with Gasteiger partial charge in [-0.15, -0.1) is 0 Å². The lowest BCUT2D eigenvalue weighted by atomic mass is 10.1. The van der Waals surface area contributed by atoms with Gasteiger partial charge in [-0.3, -0.25) is 5.10 Å². The molecular weight excluding hydrogens is 193 g/mol. The molecule has 0 aliphatic carbocycles. The van der Waals surface area contributed by atoms with Gasteiger partial charge >= 0.3 is 0 Å². The maximum absolute atomic E-state index is 13.5. The van der Waals surface area contributed by atoms with Gasteiger partial charge in [0.05, 0.1) is 11.9 Å². The number of nitrogens with zero attached hydrogens (tertiary/aromatic N) is 1. The van der Waals surface area contributed by atoms with Crippen LogP contribution in [0.25, 0.3) is 11.3 Å². The van der Waals surface area contributed by atoms with Gasteiger partial charge in [-0.05, 0) is 30.7 Å². The van der Waals surface area contributed by atoms with Gasteiger partial charge in [-0.1, -0.05) is 12.1 Å². The van der Waals surface area contributed by atoms with Crippen molar-refractivity contribution in [3.8, 4) is 11.3 Å². The molecule has 1 aromatic heterocycles. The first-order valence-corrected chi connectivity index (χ1v) is 4.80. The summed E-state index contributed by atoms with van der Waals surface area (Å²) in [5, 5.41) is 6.71. The van der Waals surface area contributed by atoms with Gasteiger partial charge in [0.1, 0.15) is 5.82 Å². The Balaban J connectivity index is 2.45. The summed E-state index contributed by atoms with van der Waals surface area (Å²) >= 11 is 0. The van der Waals surface area contributed by atoms with Crippen molar-refractivity contribution in [2.24, 2.45) is 5.73 Å². The van der Waals surface area contributed by atoms with Gasteiger partial charge in [0, 0.05) is 5.56 Å². The van der Waals surface area contributed by atoms with E-state index < -0.39 is 0 Å². The Morgan fingerprint density at radius 3 is 2.87 bits per heavy atom. The summed E-state index contributed by atoms with van der Waals surface area (Å²) in [7, 11) is 0. The van der Waals surface area contributed by atoms with Gasteiger partial charge < -0.3 is 5.73 Å². The Hall–Kier alpha value is -1.68. The number of nitrogens with one attached hydrogen (secondary N) is 1. The number of aromatic amines is 1. The predicted octanol–water partition coefficient (Wildman–Crippen LogP) is 1.72. The molecular formula is C11H12FN3. The Kier molecular flexibility index (Phi) is 2.78. The van der Waals surface area contributed by atoms with Crippen LogP contribution in [0.4, 0.5) is 4.39 Å². The van der Waals surface area contributed by atoms with Crippen molar-refractivity contribution >= 4 is 0 Å². The molecule has 0 fully saturated rings. The van der Waals surface area contributed by atoms with Gasteiger partial charge in [-0.2, -0.15) is 5.10 Å². The Morgan fingerprint density at radius 1 is 1.33 bits per heavy atom. The van der Waals surface area contributed by atoms with Crippen molar-refractivity contribution in [2.45, 2.75) is 6.42 Å². The van der Waals surface area contributed by atoms with E-state index in [2.05, 4.69) is 10.2 Å². The molecule has 0 unspecified atom stereocenters. The summed E-state index contributed by atoms with van der Waals surface area (Å²) in [5.41, 5.74) is 7.68. The lowest BCUT2D eigenvalue weighted by Crippen LogP contribution is -2.03. The first kappa shape index (κ1) is 9.86. The molecule has 0 aliphatic rings. The molecule has 4 heteroatoms. The highest BCUT2D eigenvalue weighted by molar-refractivity contribution is 5.63. The molecule has 0 spiro atoms. The van der Waals surface area contributed by atoms with E-state index in [4.69, 9.17) is 5.73 Å². The summed E-state index contributed by atoms with van der Waals surface area (Å²) in [4.78, 5) is 0. The number of hydrogen-bond acceptors (Lipinski definition) is 2. The summed E-state index contributed by atoms with van der Waals surface area (Å²) in [6, 6.07) is 6.62. The number of halogens is 1. The van der Waals surface area contributed by atoms with Crippen LogP contribution in [0, 0.1) is 5.82 Å². The number of hydrogen-bond donors (Lipinski definition) is 2. The SMILES string of the molecule is NCCc1cn[nH]c1-c1ccccc1F. The molecule has 78 valence electrons. The third-order valence-corrected chi connectivity index (χ3v) is 2.27. The molecule has 3 nitrogen and oxygen atoms in total. The zero-order valence-corrected chi connectivity index (χ0v) is 8.20. The zero-order chi connectivity index (χ0) is 10.7. The molecule has 2 aromatic rings. The van der Waals surface area contributed by atoms with Crippen molar-refractivity contribution in [3.63, 3.8) is 0 Å². The average molecular weight is 205 g/mol. The van der Waals surface area contributed by atoms with E-state index >= 15 is 0 Å². The minimum absolute atomic E-state index is 0.250. The van der Waals surface area contributed by atoms with Crippen molar-refractivity contribution in [1.82, 2.24) is 10.2 Å². The Bertz CT molecular complexity index is 451. The highest BCUT2D eigenvalue weighted by Crippen LogP contribution is 2.23. The largest absolute Gasteiger partial charge is 0.330 e. The van der Waals surface area contributed by atoms with E-state index in [0.29, 0.717) is 18.5 Å². The van der Waals surface area contributed by atoms with E-state index in [1.165, 1.54) is 6.07 Å². The van der Waals surface area contributed by atoms with Crippen LogP contribution in [0.15, 0.2) is 30.5 Å². The van der Waals surface area contributed by atoms with E-state index in [-0.39, 0.29) is 5.82 Å². The number of benzene rings is 1. The summed E-state index contributed by atoms with van der Waals surface area (Å²) in [6.07, 6.45) is 2.38. The smallest absolute Gasteiger partial charge is 0.132 e. The summed E-state index contributed by atoms with van der Waals surface area (Å²) < 4.78 is 13.5. The van der Waals surface area contributed by atoms with Gasteiger partial charge in [0.15, 0.2) is 0 Å². The fourth-order valence-electron chi connectivity index (χ4n) is 1.55. The molecule has 3 N–H and O–H groups in total. The number of rotatable bonds is 3. The van der Waals surface area contributed by atoms with Crippen LogP contribution in [0.3, 0.4) is 0 Å². The molecule has 2 rings (SSSR count). The second kappa shape index (κ2) is 4.23. The molecule has 0 saturated heterocycles. The maximum atomic E-state index is 13.5. The molecule has 1 heterocycles. The topological polar surface area (TPSA) is 54.7 Å². The van der Waals surface area contributed by atoms with Gasteiger partial charge in [0.2, 0.25) is 0 Å². The number of aromatic nitrogens is 2. The van der Waals surface area contributed by atoms with E-state index in [9.17, 15) is 4.39 Å². The predicted molar refractivity (Wildman–Crippen MR) is 56.7 cm³/mol. The van der Waals surface area contributed by atoms with Crippen LogP contribution in [0.1, 0.15) is 5.56 Å². The first-order valence-electron chi connectivity index (χ1n) is 4.80. The Morgan fingerprint density at radius 2 is 2.13 bits per heavy atom. The monoisotopic (exact) mass is 205 g/mol. The lowest BCUT2D eigenvalue weighted by molar-refractivity contribution is 0.630. The maximum Gasteiger partial charge on any atom is 0.132 e. The van der Waals surface area contributed by atoms with Crippen molar-refractivity contribution < 1.29 is 4.39 Å². The third-order valence-electron chi connectivity index (χ3n) is 2.27.